The van der Waals surface area contributed by atoms with Gasteiger partial charge in [0.05, 0.1) is 22.4 Å². The molecule has 1 atom stereocenters. The van der Waals surface area contributed by atoms with Crippen LogP contribution < -0.4 is 10.2 Å². The van der Waals surface area contributed by atoms with Crippen molar-refractivity contribution in [1.82, 2.24) is 10.2 Å². The SMILES string of the molecule is O=C1CCC(N2C(=O)c3cc(F)c(N4CCc5cc(C(=O)O)ccc5C4)cc3C2=O)C(=O)N1. The maximum atomic E-state index is 15.0. The average Bonchev–Trinajstić information content (AvgIpc) is 3.02. The summed E-state index contributed by atoms with van der Waals surface area (Å²) >= 11 is 0. The van der Waals surface area contributed by atoms with Crippen molar-refractivity contribution in [2.75, 3.05) is 11.4 Å². The topological polar surface area (TPSA) is 124 Å². The van der Waals surface area contributed by atoms with Crippen LogP contribution in [0.4, 0.5) is 10.1 Å². The highest BCUT2D eigenvalue weighted by Crippen LogP contribution is 2.34. The van der Waals surface area contributed by atoms with Crippen LogP contribution in [-0.4, -0.2) is 52.2 Å². The van der Waals surface area contributed by atoms with Crippen LogP contribution in [0.25, 0.3) is 0 Å². The molecule has 0 aromatic heterocycles. The van der Waals surface area contributed by atoms with Gasteiger partial charge in [0.25, 0.3) is 11.8 Å². The van der Waals surface area contributed by atoms with Crippen molar-refractivity contribution in [3.05, 3.63) is 64.0 Å². The van der Waals surface area contributed by atoms with Crippen molar-refractivity contribution >= 4 is 35.3 Å². The third-order valence-corrected chi connectivity index (χ3v) is 6.31. The molecule has 3 heterocycles. The smallest absolute Gasteiger partial charge is 0.335 e. The minimum absolute atomic E-state index is 0.000201. The molecule has 1 fully saturated rings. The van der Waals surface area contributed by atoms with E-state index in [0.29, 0.717) is 19.5 Å². The van der Waals surface area contributed by atoms with E-state index in [4.69, 9.17) is 5.11 Å². The number of hydrogen-bond acceptors (Lipinski definition) is 6. The Balaban J connectivity index is 1.44. The molecule has 3 aliphatic heterocycles. The standard InChI is InChI=1S/C23H18FN3O6/c24-16-8-14-15(22(31)27(21(14)30)17-3-4-19(28)25-20(17)29)9-18(16)26-6-5-11-7-12(23(32)33)1-2-13(11)10-26/h1-2,7-9,17H,3-6,10H2,(H,32,33)(H,25,28,29). The number of aromatic carboxylic acids is 1. The molecule has 168 valence electrons. The first-order chi connectivity index (χ1) is 15.7. The van der Waals surface area contributed by atoms with Gasteiger partial charge in [0, 0.05) is 19.5 Å². The second-order valence-electron chi connectivity index (χ2n) is 8.26. The van der Waals surface area contributed by atoms with Gasteiger partial charge in [-0.25, -0.2) is 9.18 Å². The second kappa shape index (κ2) is 7.51. The minimum Gasteiger partial charge on any atom is -0.478 e. The summed E-state index contributed by atoms with van der Waals surface area (Å²) in [6.07, 6.45) is 0.509. The number of carboxylic acids is 1. The third kappa shape index (κ3) is 3.34. The predicted molar refractivity (Wildman–Crippen MR) is 111 cm³/mol. The molecule has 1 saturated heterocycles. The van der Waals surface area contributed by atoms with Crippen molar-refractivity contribution in [3.8, 4) is 0 Å². The molecule has 9 nitrogen and oxygen atoms in total. The first kappa shape index (κ1) is 20.8. The largest absolute Gasteiger partial charge is 0.478 e. The molecule has 2 aromatic rings. The van der Waals surface area contributed by atoms with E-state index in [1.54, 1.807) is 17.0 Å². The van der Waals surface area contributed by atoms with Crippen LogP contribution in [-0.2, 0) is 22.6 Å². The number of halogens is 1. The van der Waals surface area contributed by atoms with Crippen molar-refractivity contribution in [2.24, 2.45) is 0 Å². The zero-order valence-corrected chi connectivity index (χ0v) is 17.3. The maximum Gasteiger partial charge on any atom is 0.335 e. The molecule has 4 amide bonds. The first-order valence-corrected chi connectivity index (χ1v) is 10.4. The molecule has 1 unspecified atom stereocenters. The number of nitrogens with one attached hydrogen (secondary N) is 1. The van der Waals surface area contributed by atoms with E-state index in [1.807, 2.05) is 0 Å². The van der Waals surface area contributed by atoms with Gasteiger partial charge in [-0.3, -0.25) is 29.4 Å². The van der Waals surface area contributed by atoms with Crippen molar-refractivity contribution in [2.45, 2.75) is 31.8 Å². The first-order valence-electron chi connectivity index (χ1n) is 10.4. The summed E-state index contributed by atoms with van der Waals surface area (Å²) in [6.45, 7) is 0.703. The van der Waals surface area contributed by atoms with Crippen molar-refractivity contribution < 1.29 is 33.5 Å². The minimum atomic E-state index is -1.12. The zero-order valence-electron chi connectivity index (χ0n) is 17.3. The van der Waals surface area contributed by atoms with E-state index in [2.05, 4.69) is 5.32 Å². The number of imide groups is 2. The van der Waals surface area contributed by atoms with Gasteiger partial charge in [0.1, 0.15) is 11.9 Å². The van der Waals surface area contributed by atoms with E-state index in [9.17, 15) is 24.0 Å². The number of piperidine rings is 1. The van der Waals surface area contributed by atoms with Gasteiger partial charge < -0.3 is 10.0 Å². The van der Waals surface area contributed by atoms with Gasteiger partial charge >= 0.3 is 5.97 Å². The maximum absolute atomic E-state index is 15.0. The number of nitrogens with zero attached hydrogens (tertiary/aromatic N) is 2. The molecule has 0 spiro atoms. The van der Waals surface area contributed by atoms with Crippen LogP contribution in [0.2, 0.25) is 0 Å². The number of carboxylic acid groups (broad SMARTS) is 1. The number of anilines is 1. The predicted octanol–water partition coefficient (Wildman–Crippen LogP) is 1.49. The van der Waals surface area contributed by atoms with Crippen LogP contribution in [0.3, 0.4) is 0 Å². The molecular weight excluding hydrogens is 433 g/mol. The van der Waals surface area contributed by atoms with Gasteiger partial charge in [-0.15, -0.1) is 0 Å². The van der Waals surface area contributed by atoms with Crippen molar-refractivity contribution in [1.29, 1.82) is 0 Å². The number of carbonyl (C=O) groups excluding carboxylic acids is 4. The molecule has 0 bridgehead atoms. The summed E-state index contributed by atoms with van der Waals surface area (Å²) in [5.74, 6) is -4.36. The zero-order chi connectivity index (χ0) is 23.4. The Morgan fingerprint density at radius 3 is 2.42 bits per heavy atom. The Kier molecular flexibility index (Phi) is 4.73. The fourth-order valence-corrected chi connectivity index (χ4v) is 4.61. The van der Waals surface area contributed by atoms with Gasteiger partial charge in [-0.05, 0) is 48.2 Å². The molecule has 33 heavy (non-hydrogen) atoms. The third-order valence-electron chi connectivity index (χ3n) is 6.31. The van der Waals surface area contributed by atoms with Gasteiger partial charge in [0.15, 0.2) is 0 Å². The Morgan fingerprint density at radius 2 is 1.73 bits per heavy atom. The van der Waals surface area contributed by atoms with E-state index in [1.165, 1.54) is 12.1 Å². The summed E-state index contributed by atoms with van der Waals surface area (Å²) in [6, 6.07) is 6.01. The highest BCUT2D eigenvalue weighted by atomic mass is 19.1. The molecule has 2 N–H and O–H groups in total. The number of benzene rings is 2. The molecule has 5 rings (SSSR count). The van der Waals surface area contributed by atoms with Crippen LogP contribution in [0.5, 0.6) is 0 Å². The molecule has 3 aliphatic rings. The second-order valence-corrected chi connectivity index (χ2v) is 8.26. The normalized spacial score (nSPS) is 20.0. The fourth-order valence-electron chi connectivity index (χ4n) is 4.61. The Labute approximate surface area is 186 Å². The van der Waals surface area contributed by atoms with Gasteiger partial charge in [0.2, 0.25) is 11.8 Å². The lowest BCUT2D eigenvalue weighted by atomic mass is 9.96. The van der Waals surface area contributed by atoms with Crippen LogP contribution in [0.15, 0.2) is 30.3 Å². The quantitative estimate of drug-likeness (QED) is 0.678. The highest BCUT2D eigenvalue weighted by Gasteiger charge is 2.45. The number of rotatable bonds is 3. The monoisotopic (exact) mass is 451 g/mol. The van der Waals surface area contributed by atoms with Crippen LogP contribution in [0, 0.1) is 5.82 Å². The summed E-state index contributed by atoms with van der Waals surface area (Å²) < 4.78 is 15.0. The molecule has 0 saturated carbocycles. The number of hydrogen-bond donors (Lipinski definition) is 2. The van der Waals surface area contributed by atoms with E-state index in [0.717, 1.165) is 22.1 Å². The average molecular weight is 451 g/mol. The number of fused-ring (bicyclic) bond motifs is 2. The lowest BCUT2D eigenvalue weighted by Crippen LogP contribution is -2.54. The lowest BCUT2D eigenvalue weighted by Gasteiger charge is -2.31. The Morgan fingerprint density at radius 1 is 1.00 bits per heavy atom. The van der Waals surface area contributed by atoms with Crippen molar-refractivity contribution in [3.63, 3.8) is 0 Å². The molecular formula is C23H18FN3O6. The highest BCUT2D eigenvalue weighted by molar-refractivity contribution is 6.23. The molecule has 2 aromatic carbocycles. The van der Waals surface area contributed by atoms with Crippen LogP contribution in [0.1, 0.15) is 55.0 Å². The summed E-state index contributed by atoms with van der Waals surface area (Å²) in [5.41, 5.74) is 1.93. The number of amides is 4. The van der Waals surface area contributed by atoms with Gasteiger partial charge in [-0.1, -0.05) is 6.07 Å². The Bertz CT molecular complexity index is 1270. The van der Waals surface area contributed by atoms with E-state index in [-0.39, 0.29) is 35.2 Å². The fraction of sp³-hybridized carbons (Fsp3) is 0.261. The number of carbonyl (C=O) groups is 5. The summed E-state index contributed by atoms with van der Waals surface area (Å²) in [7, 11) is 0. The molecule has 0 radical (unpaired) electrons. The molecule has 0 aliphatic carbocycles. The lowest BCUT2D eigenvalue weighted by molar-refractivity contribution is -0.136. The van der Waals surface area contributed by atoms with E-state index >= 15 is 4.39 Å². The summed E-state index contributed by atoms with van der Waals surface area (Å²) in [5, 5.41) is 11.3. The van der Waals surface area contributed by atoms with E-state index < -0.39 is 41.5 Å². The summed E-state index contributed by atoms with van der Waals surface area (Å²) in [4.78, 5) is 63.2. The molecule has 10 heteroatoms. The Hall–Kier alpha value is -4.08. The van der Waals surface area contributed by atoms with Gasteiger partial charge in [-0.2, -0.15) is 0 Å². The van der Waals surface area contributed by atoms with Crippen LogP contribution >= 0.6 is 0 Å².